The van der Waals surface area contributed by atoms with Gasteiger partial charge in [-0.2, -0.15) is 0 Å². The standard InChI is InChI=1S/C11H11N2O2/c1-12-11(15)13-10(14)8-7-9-5-3-2-4-6-9/h2-8H,1H3,(H,13,14,15). The molecule has 0 aliphatic rings. The van der Waals surface area contributed by atoms with Gasteiger partial charge in [0.1, 0.15) is 0 Å². The number of hydrogen-bond donors (Lipinski definition) is 1. The van der Waals surface area contributed by atoms with Crippen molar-refractivity contribution in [1.82, 2.24) is 10.6 Å². The van der Waals surface area contributed by atoms with Gasteiger partial charge in [-0.25, -0.2) is 10.1 Å². The molecule has 0 aromatic heterocycles. The number of carbonyl (C=O) groups excluding carboxylic acids is 2. The van der Waals surface area contributed by atoms with E-state index in [1.54, 1.807) is 6.08 Å². The molecule has 0 saturated heterocycles. The van der Waals surface area contributed by atoms with Crippen molar-refractivity contribution >= 4 is 18.0 Å². The van der Waals surface area contributed by atoms with Crippen LogP contribution in [0.25, 0.3) is 6.08 Å². The Hall–Kier alpha value is -2.10. The second-order valence-electron chi connectivity index (χ2n) is 2.76. The summed E-state index contributed by atoms with van der Waals surface area (Å²) in [5, 5.41) is 5.35. The van der Waals surface area contributed by atoms with Gasteiger partial charge in [-0.1, -0.05) is 30.3 Å². The van der Waals surface area contributed by atoms with E-state index in [2.05, 4.69) is 10.6 Å². The molecule has 0 spiro atoms. The molecule has 0 aliphatic heterocycles. The number of urea groups is 1. The molecule has 0 aliphatic carbocycles. The number of carbonyl (C=O) groups is 2. The van der Waals surface area contributed by atoms with Gasteiger partial charge in [-0.05, 0) is 11.6 Å². The lowest BCUT2D eigenvalue weighted by atomic mass is 10.2. The molecule has 0 unspecified atom stereocenters. The minimum absolute atomic E-state index is 0.477. The molecular weight excluding hydrogens is 192 g/mol. The highest BCUT2D eigenvalue weighted by Crippen LogP contribution is 2.00. The van der Waals surface area contributed by atoms with E-state index in [1.165, 1.54) is 13.1 Å². The van der Waals surface area contributed by atoms with E-state index >= 15 is 0 Å². The molecule has 1 aromatic rings. The van der Waals surface area contributed by atoms with E-state index in [4.69, 9.17) is 0 Å². The van der Waals surface area contributed by atoms with Gasteiger partial charge in [0, 0.05) is 13.1 Å². The van der Waals surface area contributed by atoms with Crippen molar-refractivity contribution in [3.05, 3.63) is 42.0 Å². The number of nitrogens with zero attached hydrogens (tertiary/aromatic N) is 1. The molecule has 1 aromatic carbocycles. The smallest absolute Gasteiger partial charge is 0.273 e. The lowest BCUT2D eigenvalue weighted by molar-refractivity contribution is -0.115. The van der Waals surface area contributed by atoms with Crippen molar-refractivity contribution in [2.75, 3.05) is 7.05 Å². The third kappa shape index (κ3) is 4.08. The number of nitrogens with one attached hydrogen (secondary N) is 1. The molecule has 77 valence electrons. The molecule has 0 fully saturated rings. The predicted molar refractivity (Wildman–Crippen MR) is 57.1 cm³/mol. The Morgan fingerprint density at radius 1 is 1.27 bits per heavy atom. The molecule has 3 amide bonds. The zero-order chi connectivity index (χ0) is 11.1. The van der Waals surface area contributed by atoms with Crippen molar-refractivity contribution in [2.24, 2.45) is 0 Å². The molecule has 4 nitrogen and oxygen atoms in total. The minimum Gasteiger partial charge on any atom is -0.273 e. The Bertz CT molecular complexity index is 371. The van der Waals surface area contributed by atoms with Crippen molar-refractivity contribution in [2.45, 2.75) is 0 Å². The van der Waals surface area contributed by atoms with Crippen LogP contribution >= 0.6 is 0 Å². The summed E-state index contributed by atoms with van der Waals surface area (Å²) in [5.41, 5.74) is 0.897. The summed E-state index contributed by atoms with van der Waals surface area (Å²) >= 11 is 0. The van der Waals surface area contributed by atoms with Crippen LogP contribution < -0.4 is 10.6 Å². The van der Waals surface area contributed by atoms with Gasteiger partial charge in [0.25, 0.3) is 5.91 Å². The summed E-state index contributed by atoms with van der Waals surface area (Å²) in [7, 11) is 1.32. The van der Waals surface area contributed by atoms with E-state index in [0.29, 0.717) is 0 Å². The Balaban J connectivity index is 2.52. The highest BCUT2D eigenvalue weighted by atomic mass is 16.2. The third-order valence-corrected chi connectivity index (χ3v) is 1.66. The van der Waals surface area contributed by atoms with Crippen LogP contribution in [0.1, 0.15) is 5.56 Å². The Kier molecular flexibility index (Phi) is 4.09. The molecule has 1 N–H and O–H groups in total. The minimum atomic E-state index is -0.641. The molecular formula is C11H11N2O2. The maximum atomic E-state index is 11.1. The lowest BCUT2D eigenvalue weighted by Gasteiger charge is -1.96. The van der Waals surface area contributed by atoms with Crippen molar-refractivity contribution in [3.8, 4) is 0 Å². The summed E-state index contributed by atoms with van der Waals surface area (Å²) in [4.78, 5) is 21.8. The van der Waals surface area contributed by atoms with Crippen LogP contribution in [0, 0.1) is 0 Å². The monoisotopic (exact) mass is 203 g/mol. The maximum Gasteiger partial charge on any atom is 0.342 e. The summed E-state index contributed by atoms with van der Waals surface area (Å²) in [6, 6.07) is 8.69. The normalized spacial score (nSPS) is 9.93. The van der Waals surface area contributed by atoms with Crippen LogP contribution in [-0.2, 0) is 4.79 Å². The number of amides is 3. The van der Waals surface area contributed by atoms with Gasteiger partial charge in [-0.3, -0.25) is 10.1 Å². The largest absolute Gasteiger partial charge is 0.342 e. The van der Waals surface area contributed by atoms with Crippen LogP contribution in [0.4, 0.5) is 4.79 Å². The van der Waals surface area contributed by atoms with Crippen LogP contribution in [0.2, 0.25) is 0 Å². The van der Waals surface area contributed by atoms with Gasteiger partial charge < -0.3 is 0 Å². The summed E-state index contributed by atoms with van der Waals surface area (Å²) in [5.74, 6) is -0.477. The van der Waals surface area contributed by atoms with Gasteiger partial charge in [0.2, 0.25) is 0 Å². The highest BCUT2D eigenvalue weighted by molar-refractivity contribution is 6.02. The second-order valence-corrected chi connectivity index (χ2v) is 2.76. The zero-order valence-electron chi connectivity index (χ0n) is 8.31. The van der Waals surface area contributed by atoms with E-state index in [0.717, 1.165) is 5.56 Å². The number of benzene rings is 1. The van der Waals surface area contributed by atoms with Crippen molar-refractivity contribution in [3.63, 3.8) is 0 Å². The predicted octanol–water partition coefficient (Wildman–Crippen LogP) is 1.17. The first-order valence-corrected chi connectivity index (χ1v) is 4.40. The number of rotatable bonds is 2. The van der Waals surface area contributed by atoms with Crippen LogP contribution in [0.15, 0.2) is 36.4 Å². The van der Waals surface area contributed by atoms with Crippen LogP contribution in [0.5, 0.6) is 0 Å². The summed E-state index contributed by atoms with van der Waals surface area (Å²) < 4.78 is 0. The van der Waals surface area contributed by atoms with Crippen molar-refractivity contribution < 1.29 is 9.59 Å². The number of imide groups is 1. The average Bonchev–Trinajstić information content (AvgIpc) is 2.27. The SMILES string of the molecule is C[N]C(=O)NC(=O)C=Cc1ccccc1. The van der Waals surface area contributed by atoms with E-state index < -0.39 is 11.9 Å². The quantitative estimate of drug-likeness (QED) is 0.733. The summed E-state index contributed by atoms with van der Waals surface area (Å²) in [6.45, 7) is 0. The third-order valence-electron chi connectivity index (χ3n) is 1.66. The topological polar surface area (TPSA) is 60.3 Å². The zero-order valence-corrected chi connectivity index (χ0v) is 8.31. The van der Waals surface area contributed by atoms with Gasteiger partial charge >= 0.3 is 6.03 Å². The fourth-order valence-electron chi connectivity index (χ4n) is 0.939. The fourth-order valence-corrected chi connectivity index (χ4v) is 0.939. The Labute approximate surface area is 88.0 Å². The molecule has 1 rings (SSSR count). The van der Waals surface area contributed by atoms with Gasteiger partial charge in [0.15, 0.2) is 0 Å². The van der Waals surface area contributed by atoms with E-state index in [9.17, 15) is 9.59 Å². The van der Waals surface area contributed by atoms with Crippen molar-refractivity contribution in [1.29, 1.82) is 0 Å². The molecule has 4 heteroatoms. The highest BCUT2D eigenvalue weighted by Gasteiger charge is 2.01. The maximum absolute atomic E-state index is 11.1. The molecule has 0 heterocycles. The molecule has 0 saturated carbocycles. The summed E-state index contributed by atoms with van der Waals surface area (Å²) in [6.07, 6.45) is 2.91. The Morgan fingerprint density at radius 2 is 1.93 bits per heavy atom. The lowest BCUT2D eigenvalue weighted by Crippen LogP contribution is -2.32. The number of hydrogen-bond acceptors (Lipinski definition) is 2. The molecule has 15 heavy (non-hydrogen) atoms. The first-order chi connectivity index (χ1) is 7.22. The second kappa shape index (κ2) is 5.59. The molecule has 0 bridgehead atoms. The molecule has 0 atom stereocenters. The Morgan fingerprint density at radius 3 is 2.53 bits per heavy atom. The van der Waals surface area contributed by atoms with Gasteiger partial charge in [0.05, 0.1) is 0 Å². The fraction of sp³-hybridized carbons (Fsp3) is 0.0909. The van der Waals surface area contributed by atoms with Crippen LogP contribution in [0.3, 0.4) is 0 Å². The molecule has 1 radical (unpaired) electrons. The van der Waals surface area contributed by atoms with Crippen LogP contribution in [-0.4, -0.2) is 19.0 Å². The average molecular weight is 203 g/mol. The van der Waals surface area contributed by atoms with Gasteiger partial charge in [-0.15, -0.1) is 0 Å². The first kappa shape index (κ1) is 11.0. The first-order valence-electron chi connectivity index (χ1n) is 4.40. The van der Waals surface area contributed by atoms with E-state index in [-0.39, 0.29) is 0 Å². The van der Waals surface area contributed by atoms with E-state index in [1.807, 2.05) is 30.3 Å².